The van der Waals surface area contributed by atoms with E-state index in [0.29, 0.717) is 0 Å². The average molecular weight is 255 g/mol. The summed E-state index contributed by atoms with van der Waals surface area (Å²) in [5, 5.41) is 3.63. The van der Waals surface area contributed by atoms with Gasteiger partial charge in [0, 0.05) is 12.4 Å². The molecule has 17 heavy (non-hydrogen) atoms. The highest BCUT2D eigenvalue weighted by atomic mass is 32.2. The molecule has 98 valence electrons. The Morgan fingerprint density at radius 1 is 1.18 bits per heavy atom. The zero-order valence-corrected chi connectivity index (χ0v) is 11.6. The first kappa shape index (κ1) is 12.3. The Hall–Kier alpha value is 0.270. The summed E-state index contributed by atoms with van der Waals surface area (Å²) in [6.07, 6.45) is 8.19. The number of hydrogen-bond acceptors (Lipinski definition) is 3. The fraction of sp³-hybridized carbons (Fsp3) is 1.00. The Morgan fingerprint density at radius 2 is 2.18 bits per heavy atom. The fourth-order valence-corrected chi connectivity index (χ4v) is 5.16. The normalized spacial score (nSPS) is 43.8. The molecule has 3 saturated heterocycles. The quantitative estimate of drug-likeness (QED) is 0.778. The second-order valence-electron chi connectivity index (χ2n) is 6.05. The van der Waals surface area contributed by atoms with Gasteiger partial charge in [-0.2, -0.15) is 11.8 Å². The summed E-state index contributed by atoms with van der Waals surface area (Å²) >= 11 is 2.09. The molecule has 2 nitrogen and oxygen atoms in total. The molecule has 1 N–H and O–H groups in total. The molecule has 3 heteroatoms. The summed E-state index contributed by atoms with van der Waals surface area (Å²) in [5.41, 5.74) is 0.278. The van der Waals surface area contributed by atoms with Crippen LogP contribution in [0.15, 0.2) is 0 Å². The highest BCUT2D eigenvalue weighted by molar-refractivity contribution is 7.99. The zero-order valence-electron chi connectivity index (χ0n) is 10.7. The molecule has 0 amide bonds. The first-order chi connectivity index (χ1) is 8.38. The van der Waals surface area contributed by atoms with Gasteiger partial charge >= 0.3 is 0 Å². The molecule has 0 aromatic rings. The van der Waals surface area contributed by atoms with E-state index in [1.54, 1.807) is 0 Å². The molecule has 3 rings (SSSR count). The highest BCUT2D eigenvalue weighted by Crippen LogP contribution is 2.43. The minimum Gasteiger partial charge on any atom is -0.374 e. The Labute approximate surface area is 109 Å². The van der Waals surface area contributed by atoms with Gasteiger partial charge in [-0.25, -0.2) is 0 Å². The van der Waals surface area contributed by atoms with E-state index in [1.165, 1.54) is 63.1 Å². The molecule has 0 bridgehead atoms. The van der Waals surface area contributed by atoms with Crippen molar-refractivity contribution in [2.45, 2.75) is 44.1 Å². The molecule has 0 radical (unpaired) electrons. The largest absolute Gasteiger partial charge is 0.374 e. The lowest BCUT2D eigenvalue weighted by Gasteiger charge is -2.40. The van der Waals surface area contributed by atoms with E-state index in [9.17, 15) is 0 Å². The summed E-state index contributed by atoms with van der Waals surface area (Å²) in [4.78, 5) is 0. The number of ether oxygens (including phenoxy) is 1. The van der Waals surface area contributed by atoms with E-state index < -0.39 is 0 Å². The molecular weight excluding hydrogens is 230 g/mol. The van der Waals surface area contributed by atoms with Gasteiger partial charge in [-0.3, -0.25) is 0 Å². The maximum absolute atomic E-state index is 6.14. The van der Waals surface area contributed by atoms with Crippen molar-refractivity contribution >= 4 is 11.8 Å². The molecule has 3 fully saturated rings. The SMILES string of the molecule is C1CCC(C2CCOC3(CCSC3)C2)CNC1. The van der Waals surface area contributed by atoms with E-state index in [1.807, 2.05) is 0 Å². The molecule has 3 aliphatic rings. The van der Waals surface area contributed by atoms with Crippen molar-refractivity contribution in [1.29, 1.82) is 0 Å². The standard InChI is InChI=1S/C14H25NOS/c1-2-6-15-10-13(3-1)12-4-7-16-14(9-12)5-8-17-11-14/h12-13,15H,1-11H2. The summed E-state index contributed by atoms with van der Waals surface area (Å²) in [5.74, 6) is 4.41. The van der Waals surface area contributed by atoms with Crippen LogP contribution in [0.1, 0.15) is 38.5 Å². The lowest BCUT2D eigenvalue weighted by Crippen LogP contribution is -2.43. The van der Waals surface area contributed by atoms with Crippen LogP contribution in [0.3, 0.4) is 0 Å². The van der Waals surface area contributed by atoms with Gasteiger partial charge in [0.1, 0.15) is 0 Å². The Morgan fingerprint density at radius 3 is 3.06 bits per heavy atom. The third-order valence-electron chi connectivity index (χ3n) is 4.85. The van der Waals surface area contributed by atoms with Gasteiger partial charge in [-0.15, -0.1) is 0 Å². The maximum atomic E-state index is 6.14. The van der Waals surface area contributed by atoms with Crippen molar-refractivity contribution < 1.29 is 4.74 Å². The van der Waals surface area contributed by atoms with Gasteiger partial charge in [-0.05, 0) is 62.8 Å². The molecule has 0 aromatic carbocycles. The second kappa shape index (κ2) is 5.50. The van der Waals surface area contributed by atoms with Crippen LogP contribution in [0.2, 0.25) is 0 Å². The van der Waals surface area contributed by atoms with Crippen molar-refractivity contribution in [2.75, 3.05) is 31.2 Å². The lowest BCUT2D eigenvalue weighted by molar-refractivity contribution is -0.0892. The van der Waals surface area contributed by atoms with Gasteiger partial charge in [0.2, 0.25) is 0 Å². The van der Waals surface area contributed by atoms with Crippen molar-refractivity contribution in [1.82, 2.24) is 5.32 Å². The average Bonchev–Trinajstić information content (AvgIpc) is 2.66. The number of nitrogens with one attached hydrogen (secondary N) is 1. The molecule has 3 aliphatic heterocycles. The zero-order chi connectivity index (χ0) is 11.6. The molecule has 3 unspecified atom stereocenters. The lowest BCUT2D eigenvalue weighted by atomic mass is 9.76. The van der Waals surface area contributed by atoms with Gasteiger partial charge < -0.3 is 10.1 Å². The van der Waals surface area contributed by atoms with Crippen LogP contribution >= 0.6 is 11.8 Å². The van der Waals surface area contributed by atoms with E-state index >= 15 is 0 Å². The number of hydrogen-bond donors (Lipinski definition) is 1. The first-order valence-corrected chi connectivity index (χ1v) is 8.46. The second-order valence-corrected chi connectivity index (χ2v) is 7.15. The molecule has 0 aromatic heterocycles. The third-order valence-corrected chi connectivity index (χ3v) is 6.07. The Balaban J connectivity index is 1.62. The van der Waals surface area contributed by atoms with Crippen molar-refractivity contribution in [3.8, 4) is 0 Å². The fourth-order valence-electron chi connectivity index (χ4n) is 3.78. The highest BCUT2D eigenvalue weighted by Gasteiger charge is 2.42. The molecular formula is C14H25NOS. The van der Waals surface area contributed by atoms with Crippen LogP contribution in [0.5, 0.6) is 0 Å². The third kappa shape index (κ3) is 2.82. The summed E-state index contributed by atoms with van der Waals surface area (Å²) < 4.78 is 6.14. The van der Waals surface area contributed by atoms with E-state index in [4.69, 9.17) is 4.74 Å². The predicted octanol–water partition coefficient (Wildman–Crippen LogP) is 2.68. The van der Waals surface area contributed by atoms with Gasteiger partial charge in [0.05, 0.1) is 5.60 Å². The minimum absolute atomic E-state index is 0.278. The van der Waals surface area contributed by atoms with Crippen LogP contribution in [0.4, 0.5) is 0 Å². The van der Waals surface area contributed by atoms with Crippen LogP contribution in [0.25, 0.3) is 0 Å². The van der Waals surface area contributed by atoms with Crippen molar-refractivity contribution in [2.24, 2.45) is 11.8 Å². The van der Waals surface area contributed by atoms with Crippen LogP contribution < -0.4 is 5.32 Å². The molecule has 0 saturated carbocycles. The van der Waals surface area contributed by atoms with E-state index in [-0.39, 0.29) is 5.60 Å². The number of rotatable bonds is 1. The number of thioether (sulfide) groups is 1. The van der Waals surface area contributed by atoms with Crippen molar-refractivity contribution in [3.63, 3.8) is 0 Å². The first-order valence-electron chi connectivity index (χ1n) is 7.30. The maximum Gasteiger partial charge on any atom is 0.0783 e. The van der Waals surface area contributed by atoms with Crippen LogP contribution in [-0.2, 0) is 4.74 Å². The molecule has 1 spiro atoms. The molecule has 3 atom stereocenters. The summed E-state index contributed by atoms with van der Waals surface area (Å²) in [6.45, 7) is 3.51. The van der Waals surface area contributed by atoms with E-state index in [0.717, 1.165) is 18.4 Å². The van der Waals surface area contributed by atoms with E-state index in [2.05, 4.69) is 17.1 Å². The molecule has 0 aliphatic carbocycles. The van der Waals surface area contributed by atoms with Crippen LogP contribution in [0, 0.1) is 11.8 Å². The Kier molecular flexibility index (Phi) is 3.98. The topological polar surface area (TPSA) is 21.3 Å². The van der Waals surface area contributed by atoms with Crippen molar-refractivity contribution in [3.05, 3.63) is 0 Å². The summed E-state index contributed by atoms with van der Waals surface area (Å²) in [6, 6.07) is 0. The summed E-state index contributed by atoms with van der Waals surface area (Å²) in [7, 11) is 0. The monoisotopic (exact) mass is 255 g/mol. The minimum atomic E-state index is 0.278. The predicted molar refractivity (Wildman–Crippen MR) is 73.6 cm³/mol. The van der Waals surface area contributed by atoms with Gasteiger partial charge in [0.25, 0.3) is 0 Å². The van der Waals surface area contributed by atoms with Crippen LogP contribution in [-0.4, -0.2) is 36.8 Å². The molecule has 3 heterocycles. The Bertz CT molecular complexity index is 245. The smallest absolute Gasteiger partial charge is 0.0783 e. The van der Waals surface area contributed by atoms with Gasteiger partial charge in [-0.1, -0.05) is 6.42 Å². The van der Waals surface area contributed by atoms with Gasteiger partial charge in [0.15, 0.2) is 0 Å².